The molecule has 1 saturated heterocycles. The van der Waals surface area contributed by atoms with E-state index in [0.29, 0.717) is 25.1 Å². The van der Waals surface area contributed by atoms with Gasteiger partial charge in [0, 0.05) is 29.7 Å². The summed E-state index contributed by atoms with van der Waals surface area (Å²) >= 11 is 0. The number of nitrogens with one attached hydrogen (secondary N) is 3. The van der Waals surface area contributed by atoms with Crippen molar-refractivity contribution in [3.63, 3.8) is 0 Å². The fourth-order valence-corrected chi connectivity index (χ4v) is 4.11. The molecule has 1 aromatic heterocycles. The summed E-state index contributed by atoms with van der Waals surface area (Å²) in [6.07, 6.45) is 3.99. The quantitative estimate of drug-likeness (QED) is 0.408. The monoisotopic (exact) mass is 433 g/mol. The number of benzene rings is 2. The lowest BCUT2D eigenvalue weighted by Gasteiger charge is -2.14. The smallest absolute Gasteiger partial charge is 0.325 e. The Morgan fingerprint density at radius 1 is 1.12 bits per heavy atom. The van der Waals surface area contributed by atoms with Gasteiger partial charge >= 0.3 is 6.03 Å². The molecular weight excluding hydrogens is 406 g/mol. The van der Waals surface area contributed by atoms with Crippen LogP contribution in [0.25, 0.3) is 10.9 Å². The molecule has 2 aromatic carbocycles. The van der Waals surface area contributed by atoms with Gasteiger partial charge in [-0.2, -0.15) is 0 Å². The first-order valence-corrected chi connectivity index (χ1v) is 10.7. The van der Waals surface area contributed by atoms with Gasteiger partial charge in [-0.25, -0.2) is 4.79 Å². The number of rotatable bonds is 8. The Morgan fingerprint density at radius 3 is 2.75 bits per heavy atom. The minimum atomic E-state index is -0.550. The summed E-state index contributed by atoms with van der Waals surface area (Å²) in [5, 5.41) is 6.66. The molecule has 0 bridgehead atoms. The molecule has 4 amide bonds. The fraction of sp³-hybridized carbons (Fsp3) is 0.292. The first-order valence-electron chi connectivity index (χ1n) is 10.7. The Balaban J connectivity index is 1.40. The van der Waals surface area contributed by atoms with E-state index in [1.807, 2.05) is 24.4 Å². The van der Waals surface area contributed by atoms with Crippen LogP contribution in [0.2, 0.25) is 0 Å². The second-order valence-corrected chi connectivity index (χ2v) is 8.08. The van der Waals surface area contributed by atoms with Gasteiger partial charge < -0.3 is 21.4 Å². The number of imide groups is 1. The van der Waals surface area contributed by atoms with Crippen molar-refractivity contribution in [1.82, 2.24) is 15.2 Å². The standard InChI is InChI=1S/C24H27N5O3/c1-15(30)27-19-4-2-3-17(11-19)14-29-23(31)22(28-24(29)32)8-6-16-5-7-21-20(12-16)18(9-10-25)13-26-21/h2-5,7,11-13,22,26H,6,8-10,14,25H2,1H3,(H,27,30)(H,28,32). The van der Waals surface area contributed by atoms with Crippen LogP contribution in [-0.4, -0.2) is 40.3 Å². The van der Waals surface area contributed by atoms with Crippen molar-refractivity contribution in [3.8, 4) is 0 Å². The summed E-state index contributed by atoms with van der Waals surface area (Å²) in [5.74, 6) is -0.406. The van der Waals surface area contributed by atoms with Gasteiger partial charge in [-0.05, 0) is 66.8 Å². The predicted octanol–water partition coefficient (Wildman–Crippen LogP) is 2.68. The number of hydrogen-bond donors (Lipinski definition) is 4. The Morgan fingerprint density at radius 2 is 1.97 bits per heavy atom. The van der Waals surface area contributed by atoms with Crippen LogP contribution in [0.3, 0.4) is 0 Å². The number of carbonyl (C=O) groups excluding carboxylic acids is 3. The highest BCUT2D eigenvalue weighted by molar-refractivity contribution is 6.04. The molecular formula is C24H27N5O3. The molecule has 166 valence electrons. The molecule has 1 fully saturated rings. The predicted molar refractivity (Wildman–Crippen MR) is 123 cm³/mol. The number of amides is 4. The molecule has 0 aliphatic carbocycles. The van der Waals surface area contributed by atoms with Crippen molar-refractivity contribution in [1.29, 1.82) is 0 Å². The van der Waals surface area contributed by atoms with Crippen molar-refractivity contribution in [2.24, 2.45) is 5.73 Å². The Labute approximate surface area is 186 Å². The normalized spacial score (nSPS) is 15.9. The van der Waals surface area contributed by atoms with Crippen LogP contribution < -0.4 is 16.4 Å². The highest BCUT2D eigenvalue weighted by atomic mass is 16.2. The number of nitrogens with zero attached hydrogens (tertiary/aromatic N) is 1. The topological polar surface area (TPSA) is 120 Å². The number of aromatic nitrogens is 1. The van der Waals surface area contributed by atoms with E-state index in [1.54, 1.807) is 18.2 Å². The number of hydrogen-bond acceptors (Lipinski definition) is 4. The van der Waals surface area contributed by atoms with Crippen LogP contribution in [0.4, 0.5) is 10.5 Å². The molecule has 1 aliphatic rings. The highest BCUT2D eigenvalue weighted by Gasteiger charge is 2.37. The van der Waals surface area contributed by atoms with Crippen LogP contribution >= 0.6 is 0 Å². The van der Waals surface area contributed by atoms with Gasteiger partial charge in [0.2, 0.25) is 5.91 Å². The maximum Gasteiger partial charge on any atom is 0.325 e. The summed E-state index contributed by atoms with van der Waals surface area (Å²) in [4.78, 5) is 41.1. The first-order chi connectivity index (χ1) is 15.4. The average molecular weight is 434 g/mol. The van der Waals surface area contributed by atoms with E-state index >= 15 is 0 Å². The van der Waals surface area contributed by atoms with Gasteiger partial charge in [-0.15, -0.1) is 0 Å². The molecule has 0 radical (unpaired) electrons. The zero-order valence-corrected chi connectivity index (χ0v) is 18.0. The van der Waals surface area contributed by atoms with E-state index in [0.717, 1.165) is 28.5 Å². The molecule has 1 unspecified atom stereocenters. The van der Waals surface area contributed by atoms with Crippen molar-refractivity contribution < 1.29 is 14.4 Å². The third kappa shape index (κ3) is 4.65. The molecule has 8 heteroatoms. The van der Waals surface area contributed by atoms with Crippen LogP contribution in [0.15, 0.2) is 48.7 Å². The van der Waals surface area contributed by atoms with Crippen LogP contribution in [0, 0.1) is 0 Å². The van der Waals surface area contributed by atoms with E-state index in [-0.39, 0.29) is 18.4 Å². The number of urea groups is 1. The largest absolute Gasteiger partial charge is 0.361 e. The average Bonchev–Trinajstić information content (AvgIpc) is 3.28. The van der Waals surface area contributed by atoms with Crippen molar-refractivity contribution in [3.05, 3.63) is 65.4 Å². The van der Waals surface area contributed by atoms with Crippen LogP contribution in [0.1, 0.15) is 30.0 Å². The number of carbonyl (C=O) groups is 3. The van der Waals surface area contributed by atoms with Crippen molar-refractivity contribution in [2.45, 2.75) is 38.8 Å². The van der Waals surface area contributed by atoms with E-state index in [1.165, 1.54) is 17.4 Å². The molecule has 3 aromatic rings. The second-order valence-electron chi connectivity index (χ2n) is 8.08. The Kier molecular flexibility index (Phi) is 6.23. The summed E-state index contributed by atoms with van der Waals surface area (Å²) in [7, 11) is 0. The van der Waals surface area contributed by atoms with Crippen molar-refractivity contribution >= 4 is 34.4 Å². The van der Waals surface area contributed by atoms with Gasteiger partial charge in [-0.3, -0.25) is 14.5 Å². The number of H-pyrrole nitrogens is 1. The highest BCUT2D eigenvalue weighted by Crippen LogP contribution is 2.22. The van der Waals surface area contributed by atoms with Gasteiger partial charge in [-0.1, -0.05) is 18.2 Å². The van der Waals surface area contributed by atoms with E-state index < -0.39 is 12.1 Å². The number of nitrogens with two attached hydrogens (primary N) is 1. The maximum absolute atomic E-state index is 12.9. The number of aryl methyl sites for hydroxylation is 1. The number of aromatic amines is 1. The molecule has 4 rings (SSSR count). The summed E-state index contributed by atoms with van der Waals surface area (Å²) in [6, 6.07) is 12.4. The minimum absolute atomic E-state index is 0.159. The summed E-state index contributed by atoms with van der Waals surface area (Å²) < 4.78 is 0. The molecule has 5 N–H and O–H groups in total. The van der Waals surface area contributed by atoms with Crippen LogP contribution in [-0.2, 0) is 29.0 Å². The lowest BCUT2D eigenvalue weighted by atomic mass is 10.0. The van der Waals surface area contributed by atoms with E-state index in [2.05, 4.69) is 21.7 Å². The third-order valence-electron chi connectivity index (χ3n) is 5.66. The first kappa shape index (κ1) is 21.6. The second kappa shape index (κ2) is 9.23. The molecule has 0 saturated carbocycles. The zero-order valence-electron chi connectivity index (χ0n) is 18.0. The van der Waals surface area contributed by atoms with Gasteiger partial charge in [0.15, 0.2) is 0 Å². The summed E-state index contributed by atoms with van der Waals surface area (Å²) in [6.45, 7) is 2.18. The lowest BCUT2D eigenvalue weighted by Crippen LogP contribution is -2.31. The molecule has 2 heterocycles. The Hall–Kier alpha value is -3.65. The van der Waals surface area contributed by atoms with Crippen molar-refractivity contribution in [2.75, 3.05) is 11.9 Å². The third-order valence-corrected chi connectivity index (χ3v) is 5.66. The molecule has 1 aliphatic heterocycles. The minimum Gasteiger partial charge on any atom is -0.361 e. The SMILES string of the molecule is CC(=O)Nc1cccc(CN2C(=O)NC(CCc3ccc4[nH]cc(CCN)c4c3)C2=O)c1. The number of fused-ring (bicyclic) bond motifs is 1. The Bertz CT molecular complexity index is 1170. The zero-order chi connectivity index (χ0) is 22.7. The van der Waals surface area contributed by atoms with Gasteiger partial charge in [0.1, 0.15) is 6.04 Å². The maximum atomic E-state index is 12.9. The molecule has 8 nitrogen and oxygen atoms in total. The fourth-order valence-electron chi connectivity index (χ4n) is 4.11. The van der Waals surface area contributed by atoms with E-state index in [9.17, 15) is 14.4 Å². The summed E-state index contributed by atoms with van der Waals surface area (Å²) in [5.41, 5.74) is 10.5. The van der Waals surface area contributed by atoms with Gasteiger partial charge in [0.25, 0.3) is 5.91 Å². The molecule has 1 atom stereocenters. The number of anilines is 1. The molecule has 0 spiro atoms. The molecule has 32 heavy (non-hydrogen) atoms. The van der Waals surface area contributed by atoms with Gasteiger partial charge in [0.05, 0.1) is 6.54 Å². The lowest BCUT2D eigenvalue weighted by molar-refractivity contribution is -0.128. The van der Waals surface area contributed by atoms with Crippen LogP contribution in [0.5, 0.6) is 0 Å². The van der Waals surface area contributed by atoms with E-state index in [4.69, 9.17) is 5.73 Å².